The Bertz CT molecular complexity index is 687. The minimum absolute atomic E-state index is 0.129. The highest BCUT2D eigenvalue weighted by atomic mass is 19.1. The molecule has 0 saturated heterocycles. The fraction of sp³-hybridized carbons (Fsp3) is 0.0667. The van der Waals surface area contributed by atoms with E-state index in [-0.39, 0.29) is 5.84 Å². The van der Waals surface area contributed by atoms with Gasteiger partial charge in [0.1, 0.15) is 11.7 Å². The first-order chi connectivity index (χ1) is 9.99. The Kier molecular flexibility index (Phi) is 4.18. The van der Waals surface area contributed by atoms with Crippen LogP contribution < -0.4 is 16.0 Å². The second-order valence-corrected chi connectivity index (χ2v) is 4.43. The van der Waals surface area contributed by atoms with Gasteiger partial charge in [-0.05, 0) is 30.3 Å². The van der Waals surface area contributed by atoms with E-state index in [2.05, 4.69) is 5.32 Å². The van der Waals surface area contributed by atoms with Crippen LogP contribution in [0.15, 0.2) is 48.5 Å². The van der Waals surface area contributed by atoms with Crippen LogP contribution in [0.2, 0.25) is 0 Å². The molecule has 0 bridgehead atoms. The average Bonchev–Trinajstić information content (AvgIpc) is 2.46. The second-order valence-electron chi connectivity index (χ2n) is 4.43. The van der Waals surface area contributed by atoms with Crippen LogP contribution in [-0.4, -0.2) is 18.9 Å². The first kappa shape index (κ1) is 14.5. The van der Waals surface area contributed by atoms with Crippen molar-refractivity contribution in [1.29, 1.82) is 5.41 Å². The van der Waals surface area contributed by atoms with Crippen molar-refractivity contribution < 1.29 is 9.18 Å². The van der Waals surface area contributed by atoms with Crippen LogP contribution in [0.5, 0.6) is 0 Å². The molecule has 0 aliphatic carbocycles. The summed E-state index contributed by atoms with van der Waals surface area (Å²) in [5.74, 6) is -0.560. The van der Waals surface area contributed by atoms with Crippen molar-refractivity contribution in [2.45, 2.75) is 0 Å². The van der Waals surface area contributed by atoms with Crippen molar-refractivity contribution in [3.63, 3.8) is 0 Å². The molecule has 0 radical (unpaired) electrons. The smallest absolute Gasteiger partial charge is 0.326 e. The molecule has 2 amide bonds. The number of anilines is 2. The van der Waals surface area contributed by atoms with Crippen molar-refractivity contribution in [2.24, 2.45) is 5.73 Å². The molecule has 2 aromatic rings. The summed E-state index contributed by atoms with van der Waals surface area (Å²) >= 11 is 0. The van der Waals surface area contributed by atoms with E-state index in [1.165, 1.54) is 23.1 Å². The van der Waals surface area contributed by atoms with Gasteiger partial charge in [0, 0.05) is 18.3 Å². The Morgan fingerprint density at radius 3 is 2.62 bits per heavy atom. The Morgan fingerprint density at radius 1 is 1.24 bits per heavy atom. The Morgan fingerprint density at radius 2 is 1.95 bits per heavy atom. The Labute approximate surface area is 121 Å². The van der Waals surface area contributed by atoms with Gasteiger partial charge in [-0.1, -0.05) is 18.2 Å². The standard InChI is InChI=1S/C15H15FN4O/c1-20(13-8-3-2-7-12(13)14(17)18)15(21)19-11-6-4-5-10(16)9-11/h2-9H,1H3,(H3,17,18)(H,19,21). The first-order valence-electron chi connectivity index (χ1n) is 6.22. The molecule has 0 saturated carbocycles. The van der Waals surface area contributed by atoms with E-state index in [1.54, 1.807) is 37.4 Å². The van der Waals surface area contributed by atoms with Crippen molar-refractivity contribution >= 4 is 23.2 Å². The predicted octanol–water partition coefficient (Wildman–Crippen LogP) is 2.78. The molecular formula is C15H15FN4O. The fourth-order valence-electron chi connectivity index (χ4n) is 1.88. The number of urea groups is 1. The maximum atomic E-state index is 13.1. The lowest BCUT2D eigenvalue weighted by molar-refractivity contribution is 0.258. The fourth-order valence-corrected chi connectivity index (χ4v) is 1.88. The molecule has 0 spiro atoms. The molecule has 0 fully saturated rings. The van der Waals surface area contributed by atoms with Crippen molar-refractivity contribution in [3.05, 3.63) is 59.9 Å². The lowest BCUT2D eigenvalue weighted by atomic mass is 10.1. The largest absolute Gasteiger partial charge is 0.384 e. The van der Waals surface area contributed by atoms with Gasteiger partial charge in [0.25, 0.3) is 0 Å². The van der Waals surface area contributed by atoms with Gasteiger partial charge < -0.3 is 11.1 Å². The van der Waals surface area contributed by atoms with Crippen LogP contribution in [0.25, 0.3) is 0 Å². The van der Waals surface area contributed by atoms with Crippen LogP contribution in [-0.2, 0) is 0 Å². The minimum Gasteiger partial charge on any atom is -0.384 e. The summed E-state index contributed by atoms with van der Waals surface area (Å²) in [5.41, 5.74) is 6.81. The number of para-hydroxylation sites is 1. The third-order valence-corrected chi connectivity index (χ3v) is 2.94. The SMILES string of the molecule is CN(C(=O)Nc1cccc(F)c1)c1ccccc1C(=N)N. The number of carbonyl (C=O) groups is 1. The van der Waals surface area contributed by atoms with E-state index >= 15 is 0 Å². The highest BCUT2D eigenvalue weighted by Crippen LogP contribution is 2.20. The maximum Gasteiger partial charge on any atom is 0.326 e. The summed E-state index contributed by atoms with van der Waals surface area (Å²) in [7, 11) is 1.55. The summed E-state index contributed by atoms with van der Waals surface area (Å²) in [6.07, 6.45) is 0. The van der Waals surface area contributed by atoms with Gasteiger partial charge >= 0.3 is 6.03 Å². The number of nitrogens with one attached hydrogen (secondary N) is 2. The van der Waals surface area contributed by atoms with Crippen LogP contribution in [0, 0.1) is 11.2 Å². The molecule has 0 aliphatic heterocycles. The zero-order valence-corrected chi connectivity index (χ0v) is 11.4. The lowest BCUT2D eigenvalue weighted by Gasteiger charge is -2.20. The number of nitrogens with zero attached hydrogens (tertiary/aromatic N) is 1. The van der Waals surface area contributed by atoms with Gasteiger partial charge in [0.05, 0.1) is 5.69 Å². The van der Waals surface area contributed by atoms with Crippen LogP contribution in [0.1, 0.15) is 5.56 Å². The molecule has 4 N–H and O–H groups in total. The molecule has 0 atom stereocenters. The van der Waals surface area contributed by atoms with E-state index in [0.29, 0.717) is 16.9 Å². The number of amides is 2. The van der Waals surface area contributed by atoms with E-state index in [4.69, 9.17) is 11.1 Å². The monoisotopic (exact) mass is 286 g/mol. The molecule has 2 aromatic carbocycles. The van der Waals surface area contributed by atoms with E-state index in [9.17, 15) is 9.18 Å². The molecule has 0 unspecified atom stereocenters. The molecule has 21 heavy (non-hydrogen) atoms. The lowest BCUT2D eigenvalue weighted by Crippen LogP contribution is -2.33. The summed E-state index contributed by atoms with van der Waals surface area (Å²) in [5, 5.41) is 10.1. The Balaban J connectivity index is 2.22. The van der Waals surface area contributed by atoms with Crippen molar-refractivity contribution in [2.75, 3.05) is 17.3 Å². The summed E-state index contributed by atoms with van der Waals surface area (Å²) in [6, 6.07) is 12.0. The van der Waals surface area contributed by atoms with E-state index in [1.807, 2.05) is 0 Å². The van der Waals surface area contributed by atoms with E-state index in [0.717, 1.165) is 0 Å². The third-order valence-electron chi connectivity index (χ3n) is 2.94. The average molecular weight is 286 g/mol. The summed E-state index contributed by atoms with van der Waals surface area (Å²) in [6.45, 7) is 0. The number of hydrogen-bond acceptors (Lipinski definition) is 2. The van der Waals surface area contributed by atoms with Gasteiger partial charge in [0.2, 0.25) is 0 Å². The topological polar surface area (TPSA) is 82.2 Å². The number of carbonyl (C=O) groups excluding carboxylic acids is 1. The van der Waals surface area contributed by atoms with Gasteiger partial charge in [0.15, 0.2) is 0 Å². The van der Waals surface area contributed by atoms with Gasteiger partial charge in [-0.15, -0.1) is 0 Å². The van der Waals surface area contributed by atoms with Crippen LogP contribution >= 0.6 is 0 Å². The molecule has 2 rings (SSSR count). The molecule has 0 aliphatic rings. The molecule has 0 aromatic heterocycles. The van der Waals surface area contributed by atoms with Crippen molar-refractivity contribution in [1.82, 2.24) is 0 Å². The van der Waals surface area contributed by atoms with E-state index < -0.39 is 11.8 Å². The highest BCUT2D eigenvalue weighted by molar-refractivity contribution is 6.07. The number of benzene rings is 2. The number of nitrogen functional groups attached to an aromatic ring is 1. The first-order valence-corrected chi connectivity index (χ1v) is 6.22. The van der Waals surface area contributed by atoms with Crippen LogP contribution in [0.4, 0.5) is 20.6 Å². The highest BCUT2D eigenvalue weighted by Gasteiger charge is 2.15. The zero-order chi connectivity index (χ0) is 15.4. The maximum absolute atomic E-state index is 13.1. The number of nitrogens with two attached hydrogens (primary N) is 1. The van der Waals surface area contributed by atoms with Gasteiger partial charge in [-0.3, -0.25) is 10.3 Å². The van der Waals surface area contributed by atoms with Crippen molar-refractivity contribution in [3.8, 4) is 0 Å². The molecular weight excluding hydrogens is 271 g/mol. The molecule has 5 nitrogen and oxygen atoms in total. The number of hydrogen-bond donors (Lipinski definition) is 3. The number of halogens is 1. The number of rotatable bonds is 3. The van der Waals surface area contributed by atoms with Gasteiger partial charge in [-0.25, -0.2) is 9.18 Å². The quantitative estimate of drug-likeness (QED) is 0.599. The number of amidine groups is 1. The summed E-state index contributed by atoms with van der Waals surface area (Å²) in [4.78, 5) is 13.5. The normalized spacial score (nSPS) is 10.0. The Hall–Kier alpha value is -2.89. The predicted molar refractivity (Wildman–Crippen MR) is 81.3 cm³/mol. The molecule has 6 heteroatoms. The minimum atomic E-state index is -0.450. The van der Waals surface area contributed by atoms with Crippen LogP contribution in [0.3, 0.4) is 0 Å². The molecule has 108 valence electrons. The third kappa shape index (κ3) is 3.36. The van der Waals surface area contributed by atoms with Gasteiger partial charge in [-0.2, -0.15) is 0 Å². The molecule has 0 heterocycles. The second kappa shape index (κ2) is 6.04. The summed E-state index contributed by atoms with van der Waals surface area (Å²) < 4.78 is 13.1. The zero-order valence-electron chi connectivity index (χ0n) is 11.4.